The molecule has 0 aromatic heterocycles. The third-order valence-electron chi connectivity index (χ3n) is 1.65. The van der Waals surface area contributed by atoms with E-state index in [0.29, 0.717) is 11.4 Å². The first kappa shape index (κ1) is 11.3. The number of nitrogens with one attached hydrogen (secondary N) is 1. The third-order valence-corrected chi connectivity index (χ3v) is 1.65. The molecule has 0 saturated heterocycles. The second-order valence-corrected chi connectivity index (χ2v) is 4.20. The van der Waals surface area contributed by atoms with Crippen LogP contribution in [0.3, 0.4) is 0 Å². The van der Waals surface area contributed by atoms with Crippen LogP contribution in [0.25, 0.3) is 0 Å². The monoisotopic (exact) mass is 171 g/mol. The molecule has 0 spiro atoms. The Balaban J connectivity index is 3.34. The lowest BCUT2D eigenvalue weighted by atomic mass is 9.91. The maximum atomic E-state index is 5.46. The van der Waals surface area contributed by atoms with E-state index < -0.39 is 0 Å². The highest BCUT2D eigenvalue weighted by atomic mass is 15.1. The lowest BCUT2D eigenvalue weighted by Crippen LogP contribution is -2.32. The zero-order valence-corrected chi connectivity index (χ0v) is 8.65. The molecule has 0 unspecified atom stereocenters. The van der Waals surface area contributed by atoms with Gasteiger partial charge in [-0.25, -0.2) is 0 Å². The Morgan fingerprint density at radius 3 is 2.42 bits per heavy atom. The van der Waals surface area contributed by atoms with Crippen molar-refractivity contribution in [3.63, 3.8) is 0 Å². The van der Waals surface area contributed by atoms with Gasteiger partial charge in [0.15, 0.2) is 5.96 Å². The topological polar surface area (TPSA) is 50.4 Å². The normalized spacial score (nSPS) is 13.2. The first-order chi connectivity index (χ1) is 5.45. The minimum atomic E-state index is 0.416. The molecule has 0 heterocycles. The van der Waals surface area contributed by atoms with Gasteiger partial charge in [-0.3, -0.25) is 4.99 Å². The average molecular weight is 171 g/mol. The van der Waals surface area contributed by atoms with E-state index in [1.807, 2.05) is 0 Å². The molecule has 0 radical (unpaired) electrons. The van der Waals surface area contributed by atoms with Crippen LogP contribution in [0.2, 0.25) is 0 Å². The van der Waals surface area contributed by atoms with Crippen molar-refractivity contribution in [2.24, 2.45) is 16.1 Å². The van der Waals surface area contributed by atoms with E-state index in [1.165, 1.54) is 6.42 Å². The van der Waals surface area contributed by atoms with Gasteiger partial charge in [0.05, 0.1) is 0 Å². The van der Waals surface area contributed by atoms with Crippen LogP contribution in [-0.2, 0) is 0 Å². The molecule has 0 saturated carbocycles. The van der Waals surface area contributed by atoms with E-state index in [4.69, 9.17) is 5.73 Å². The largest absolute Gasteiger partial charge is 0.370 e. The fourth-order valence-electron chi connectivity index (χ4n) is 0.914. The van der Waals surface area contributed by atoms with Crippen LogP contribution in [-0.4, -0.2) is 19.6 Å². The second kappa shape index (κ2) is 5.01. The Bertz CT molecular complexity index is 144. The van der Waals surface area contributed by atoms with Gasteiger partial charge in [-0.05, 0) is 18.3 Å². The van der Waals surface area contributed by atoms with Crippen molar-refractivity contribution in [3.05, 3.63) is 0 Å². The van der Waals surface area contributed by atoms with E-state index in [9.17, 15) is 0 Å². The van der Waals surface area contributed by atoms with Crippen molar-refractivity contribution in [2.75, 3.05) is 13.6 Å². The molecular weight excluding hydrogens is 150 g/mol. The molecule has 0 rings (SSSR count). The predicted molar refractivity (Wildman–Crippen MR) is 54.2 cm³/mol. The number of nitrogens with zero attached hydrogens (tertiary/aromatic N) is 1. The Hall–Kier alpha value is -0.730. The van der Waals surface area contributed by atoms with Crippen LogP contribution in [0.5, 0.6) is 0 Å². The van der Waals surface area contributed by atoms with Crippen molar-refractivity contribution in [1.82, 2.24) is 5.32 Å². The summed E-state index contributed by atoms with van der Waals surface area (Å²) in [6.07, 6.45) is 2.34. The van der Waals surface area contributed by atoms with Crippen LogP contribution in [0.15, 0.2) is 4.99 Å². The van der Waals surface area contributed by atoms with Gasteiger partial charge in [0, 0.05) is 13.6 Å². The summed E-state index contributed by atoms with van der Waals surface area (Å²) in [5.41, 5.74) is 5.88. The number of aliphatic imine (C=N–C) groups is 1. The third kappa shape index (κ3) is 7.38. The van der Waals surface area contributed by atoms with E-state index in [-0.39, 0.29) is 0 Å². The predicted octanol–water partition coefficient (Wildman–Crippen LogP) is 1.35. The van der Waals surface area contributed by atoms with E-state index in [1.54, 1.807) is 7.05 Å². The van der Waals surface area contributed by atoms with E-state index in [2.05, 4.69) is 31.1 Å². The summed E-state index contributed by atoms with van der Waals surface area (Å²) < 4.78 is 0. The highest BCUT2D eigenvalue weighted by molar-refractivity contribution is 5.77. The average Bonchev–Trinajstić information content (AvgIpc) is 1.96. The van der Waals surface area contributed by atoms with Gasteiger partial charge in [-0.15, -0.1) is 0 Å². The second-order valence-electron chi connectivity index (χ2n) is 4.20. The Morgan fingerprint density at radius 2 is 2.00 bits per heavy atom. The Morgan fingerprint density at radius 1 is 1.42 bits per heavy atom. The molecule has 0 aliphatic rings. The fraction of sp³-hybridized carbons (Fsp3) is 0.889. The molecule has 0 aromatic carbocycles. The number of hydrogen-bond donors (Lipinski definition) is 2. The summed E-state index contributed by atoms with van der Waals surface area (Å²) in [6.45, 7) is 7.64. The van der Waals surface area contributed by atoms with E-state index >= 15 is 0 Å². The summed E-state index contributed by atoms with van der Waals surface area (Å²) in [5, 5.41) is 3.03. The van der Waals surface area contributed by atoms with Crippen LogP contribution >= 0.6 is 0 Å². The lowest BCUT2D eigenvalue weighted by molar-refractivity contribution is 0.365. The number of rotatable bonds is 3. The molecule has 0 bridgehead atoms. The van der Waals surface area contributed by atoms with Crippen LogP contribution in [0, 0.1) is 5.41 Å². The molecule has 3 N–H and O–H groups in total. The van der Waals surface area contributed by atoms with Gasteiger partial charge in [0.25, 0.3) is 0 Å². The highest BCUT2D eigenvalue weighted by Crippen LogP contribution is 2.19. The minimum Gasteiger partial charge on any atom is -0.370 e. The Kier molecular flexibility index (Phi) is 4.71. The first-order valence-electron chi connectivity index (χ1n) is 4.42. The summed E-state index contributed by atoms with van der Waals surface area (Å²) in [7, 11) is 1.69. The zero-order valence-electron chi connectivity index (χ0n) is 8.65. The van der Waals surface area contributed by atoms with Crippen molar-refractivity contribution < 1.29 is 0 Å². The van der Waals surface area contributed by atoms with Crippen molar-refractivity contribution in [3.8, 4) is 0 Å². The van der Waals surface area contributed by atoms with Crippen LogP contribution in [0.1, 0.15) is 33.6 Å². The van der Waals surface area contributed by atoms with Crippen molar-refractivity contribution in [1.29, 1.82) is 0 Å². The molecule has 0 aliphatic carbocycles. The number of hydrogen-bond acceptors (Lipinski definition) is 1. The summed E-state index contributed by atoms with van der Waals surface area (Å²) in [6, 6.07) is 0. The molecule has 3 heteroatoms. The molecule has 0 aliphatic heterocycles. The maximum absolute atomic E-state index is 5.46. The summed E-state index contributed by atoms with van der Waals surface area (Å²) in [5.74, 6) is 0.531. The minimum absolute atomic E-state index is 0.416. The zero-order chi connectivity index (χ0) is 9.61. The van der Waals surface area contributed by atoms with Crippen LogP contribution in [0.4, 0.5) is 0 Å². The van der Waals surface area contributed by atoms with Gasteiger partial charge in [-0.1, -0.05) is 20.8 Å². The molecule has 72 valence electrons. The molecule has 0 fully saturated rings. The van der Waals surface area contributed by atoms with Crippen molar-refractivity contribution in [2.45, 2.75) is 33.6 Å². The highest BCUT2D eigenvalue weighted by Gasteiger charge is 2.08. The first-order valence-corrected chi connectivity index (χ1v) is 4.42. The molecular formula is C9H21N3. The van der Waals surface area contributed by atoms with Gasteiger partial charge < -0.3 is 11.1 Å². The van der Waals surface area contributed by atoms with Crippen molar-refractivity contribution >= 4 is 5.96 Å². The quantitative estimate of drug-likeness (QED) is 0.382. The fourth-order valence-corrected chi connectivity index (χ4v) is 0.914. The Labute approximate surface area is 75.4 Å². The lowest BCUT2D eigenvalue weighted by Gasteiger charge is -2.17. The molecule has 0 amide bonds. The molecule has 3 nitrogen and oxygen atoms in total. The van der Waals surface area contributed by atoms with Crippen LogP contribution < -0.4 is 11.1 Å². The molecule has 0 aromatic rings. The smallest absolute Gasteiger partial charge is 0.188 e. The molecule has 12 heavy (non-hydrogen) atoms. The standard InChI is InChI=1S/C9H21N3/c1-9(2,3)6-5-7-12-8(10)11-4/h5-7H2,1-4H3,(H3,10,11,12). The maximum Gasteiger partial charge on any atom is 0.188 e. The summed E-state index contributed by atoms with van der Waals surface area (Å²) in [4.78, 5) is 3.81. The van der Waals surface area contributed by atoms with Gasteiger partial charge in [-0.2, -0.15) is 0 Å². The molecule has 0 atom stereocenters. The number of nitrogens with two attached hydrogens (primary N) is 1. The number of guanidine groups is 1. The van der Waals surface area contributed by atoms with Gasteiger partial charge in [0.1, 0.15) is 0 Å². The SMILES string of the molecule is CN=C(N)NCCCC(C)(C)C. The van der Waals surface area contributed by atoms with E-state index in [0.717, 1.165) is 13.0 Å². The van der Waals surface area contributed by atoms with Gasteiger partial charge >= 0.3 is 0 Å². The summed E-state index contributed by atoms with van der Waals surface area (Å²) >= 11 is 0. The van der Waals surface area contributed by atoms with Gasteiger partial charge in [0.2, 0.25) is 0 Å².